The molecule has 2 bridgehead atoms. The fourth-order valence-corrected chi connectivity index (χ4v) is 3.59. The summed E-state index contributed by atoms with van der Waals surface area (Å²) in [7, 11) is 0. The van der Waals surface area contributed by atoms with Crippen LogP contribution in [0.15, 0.2) is 53.0 Å². The number of hydrogen-bond acceptors (Lipinski definition) is 5. The van der Waals surface area contributed by atoms with Crippen molar-refractivity contribution in [1.82, 2.24) is 10.6 Å². The SMILES string of the molecule is N#CC1(NC=O)CC1.O=C1NCCc2ccc(c(Cl)c2)OC/C=C/COc2ccc(Br)cc21. The third-order valence-corrected chi connectivity index (χ3v) is 5.81. The van der Waals surface area contributed by atoms with E-state index < -0.39 is 5.54 Å². The largest absolute Gasteiger partial charge is 0.489 e. The van der Waals surface area contributed by atoms with Crippen molar-refractivity contribution in [2.45, 2.75) is 24.8 Å². The quantitative estimate of drug-likeness (QED) is 0.446. The summed E-state index contributed by atoms with van der Waals surface area (Å²) in [5, 5.41) is 14.2. The number of carbonyl (C=O) groups excluding carboxylic acids is 2. The van der Waals surface area contributed by atoms with E-state index in [1.807, 2.05) is 42.5 Å². The monoisotopic (exact) mass is 531 g/mol. The van der Waals surface area contributed by atoms with Crippen molar-refractivity contribution in [3.05, 3.63) is 69.2 Å². The van der Waals surface area contributed by atoms with Crippen LogP contribution in [0.2, 0.25) is 5.02 Å². The molecule has 0 saturated heterocycles. The van der Waals surface area contributed by atoms with Crippen LogP contribution in [0, 0.1) is 11.3 Å². The zero-order chi connectivity index (χ0) is 23.7. The number of carbonyl (C=O) groups is 2. The van der Waals surface area contributed by atoms with Crippen LogP contribution < -0.4 is 20.1 Å². The highest BCUT2D eigenvalue weighted by molar-refractivity contribution is 9.10. The van der Waals surface area contributed by atoms with E-state index in [0.29, 0.717) is 54.7 Å². The Bertz CT molecular complexity index is 1080. The van der Waals surface area contributed by atoms with Gasteiger partial charge in [-0.3, -0.25) is 9.59 Å². The molecule has 0 atom stereocenters. The highest BCUT2D eigenvalue weighted by atomic mass is 79.9. The Kier molecular flexibility index (Phi) is 8.75. The molecule has 1 aliphatic carbocycles. The van der Waals surface area contributed by atoms with E-state index in [1.165, 1.54) is 0 Å². The molecule has 9 heteroatoms. The lowest BCUT2D eigenvalue weighted by Gasteiger charge is -2.13. The molecule has 2 aliphatic heterocycles. The fourth-order valence-electron chi connectivity index (χ4n) is 2.98. The van der Waals surface area contributed by atoms with Gasteiger partial charge in [-0.2, -0.15) is 5.26 Å². The first-order valence-corrected chi connectivity index (χ1v) is 11.5. The van der Waals surface area contributed by atoms with E-state index in [1.54, 1.807) is 12.1 Å². The minimum Gasteiger partial charge on any atom is -0.489 e. The summed E-state index contributed by atoms with van der Waals surface area (Å²) < 4.78 is 12.2. The number of halogens is 2. The van der Waals surface area contributed by atoms with Gasteiger partial charge in [0.25, 0.3) is 5.91 Å². The van der Waals surface area contributed by atoms with Gasteiger partial charge in [-0.25, -0.2) is 0 Å². The fraction of sp³-hybridized carbons (Fsp3) is 0.292. The maximum absolute atomic E-state index is 12.5. The van der Waals surface area contributed by atoms with Crippen molar-refractivity contribution in [2.75, 3.05) is 19.8 Å². The van der Waals surface area contributed by atoms with E-state index >= 15 is 0 Å². The number of ether oxygens (including phenoxy) is 2. The molecule has 5 rings (SSSR count). The van der Waals surface area contributed by atoms with Gasteiger partial charge in [0.15, 0.2) is 0 Å². The number of nitrogens with one attached hydrogen (secondary N) is 2. The zero-order valence-electron chi connectivity index (χ0n) is 17.8. The van der Waals surface area contributed by atoms with Gasteiger partial charge in [0, 0.05) is 11.0 Å². The van der Waals surface area contributed by atoms with Gasteiger partial charge >= 0.3 is 0 Å². The predicted octanol–water partition coefficient (Wildman–Crippen LogP) is 4.19. The molecule has 33 heavy (non-hydrogen) atoms. The van der Waals surface area contributed by atoms with Crippen molar-refractivity contribution >= 4 is 39.8 Å². The molecular formula is C24H23BrClN3O4. The third-order valence-electron chi connectivity index (χ3n) is 5.02. The number of benzene rings is 2. The van der Waals surface area contributed by atoms with E-state index in [4.69, 9.17) is 26.3 Å². The summed E-state index contributed by atoms with van der Waals surface area (Å²) in [6.07, 6.45) is 6.57. The van der Waals surface area contributed by atoms with E-state index in [9.17, 15) is 9.59 Å². The van der Waals surface area contributed by atoms with Crippen LogP contribution in [0.5, 0.6) is 11.5 Å². The van der Waals surface area contributed by atoms with E-state index in [0.717, 1.165) is 22.9 Å². The van der Waals surface area contributed by atoms with Crippen LogP contribution in [-0.2, 0) is 11.2 Å². The Morgan fingerprint density at radius 1 is 1.12 bits per heavy atom. The van der Waals surface area contributed by atoms with Crippen molar-refractivity contribution in [3.8, 4) is 17.6 Å². The molecule has 172 valence electrons. The molecule has 2 aromatic rings. The third kappa shape index (κ3) is 7.24. The van der Waals surface area contributed by atoms with Crippen LogP contribution in [0.4, 0.5) is 0 Å². The Morgan fingerprint density at radius 3 is 2.42 bits per heavy atom. The molecule has 0 aromatic heterocycles. The molecule has 2 N–H and O–H groups in total. The number of nitrogens with zero attached hydrogens (tertiary/aromatic N) is 1. The molecule has 0 spiro atoms. The van der Waals surface area contributed by atoms with Crippen LogP contribution in [-0.4, -0.2) is 37.6 Å². The second kappa shape index (κ2) is 11.7. The smallest absolute Gasteiger partial charge is 0.255 e. The topological polar surface area (TPSA) is 100 Å². The summed E-state index contributed by atoms with van der Waals surface area (Å²) in [6.45, 7) is 1.25. The number of fused-ring (bicyclic) bond motifs is 9. The van der Waals surface area contributed by atoms with Gasteiger partial charge < -0.3 is 20.1 Å². The highest BCUT2D eigenvalue weighted by Gasteiger charge is 2.42. The number of rotatable bonds is 2. The minimum absolute atomic E-state index is 0.168. The molecule has 7 nitrogen and oxygen atoms in total. The van der Waals surface area contributed by atoms with E-state index in [2.05, 4.69) is 26.6 Å². The molecule has 3 aliphatic rings. The normalized spacial score (nSPS) is 17.4. The summed E-state index contributed by atoms with van der Waals surface area (Å²) in [4.78, 5) is 22.3. The second-order valence-electron chi connectivity index (χ2n) is 7.46. The highest BCUT2D eigenvalue weighted by Crippen LogP contribution is 2.33. The Balaban J connectivity index is 0.000000323. The molecular weight excluding hydrogens is 510 g/mol. The molecule has 2 amide bonds. The van der Waals surface area contributed by atoms with Crippen LogP contribution in [0.1, 0.15) is 28.8 Å². The van der Waals surface area contributed by atoms with Gasteiger partial charge in [0.1, 0.15) is 30.3 Å². The second-order valence-corrected chi connectivity index (χ2v) is 8.78. The maximum atomic E-state index is 12.5. The summed E-state index contributed by atoms with van der Waals surface area (Å²) in [5.41, 5.74) is 1.06. The molecule has 2 aromatic carbocycles. The average molecular weight is 533 g/mol. The van der Waals surface area contributed by atoms with Crippen molar-refractivity contribution in [3.63, 3.8) is 0 Å². The zero-order valence-corrected chi connectivity index (χ0v) is 20.1. The lowest BCUT2D eigenvalue weighted by Crippen LogP contribution is -2.27. The Labute approximate surface area is 205 Å². The first-order chi connectivity index (χ1) is 16.0. The first-order valence-electron chi connectivity index (χ1n) is 10.4. The minimum atomic E-state index is -0.470. The number of amides is 2. The maximum Gasteiger partial charge on any atom is 0.255 e. The van der Waals surface area contributed by atoms with Gasteiger partial charge in [-0.05, 0) is 67.3 Å². The Hall–Kier alpha value is -3.02. The summed E-state index contributed by atoms with van der Waals surface area (Å²) in [6, 6.07) is 13.1. The van der Waals surface area contributed by atoms with Gasteiger partial charge in [-0.15, -0.1) is 0 Å². The van der Waals surface area contributed by atoms with Gasteiger partial charge in [0.05, 0.1) is 16.7 Å². The van der Waals surface area contributed by atoms with E-state index in [-0.39, 0.29) is 5.91 Å². The number of hydrogen-bond donors (Lipinski definition) is 2. The molecule has 0 unspecified atom stereocenters. The molecule has 1 saturated carbocycles. The average Bonchev–Trinajstić information content (AvgIpc) is 3.58. The first kappa shape index (κ1) is 24.6. The predicted molar refractivity (Wildman–Crippen MR) is 129 cm³/mol. The van der Waals surface area contributed by atoms with Crippen molar-refractivity contribution in [1.29, 1.82) is 5.26 Å². The Morgan fingerprint density at radius 2 is 1.82 bits per heavy atom. The van der Waals surface area contributed by atoms with Crippen molar-refractivity contribution in [2.24, 2.45) is 0 Å². The summed E-state index contributed by atoms with van der Waals surface area (Å²) >= 11 is 9.64. The lowest BCUT2D eigenvalue weighted by atomic mass is 10.1. The lowest BCUT2D eigenvalue weighted by molar-refractivity contribution is -0.110. The summed E-state index contributed by atoms with van der Waals surface area (Å²) in [5.74, 6) is 1.02. The number of nitriles is 1. The van der Waals surface area contributed by atoms with Crippen LogP contribution >= 0.6 is 27.5 Å². The van der Waals surface area contributed by atoms with Gasteiger partial charge in [0.2, 0.25) is 6.41 Å². The molecule has 2 heterocycles. The van der Waals surface area contributed by atoms with Crippen LogP contribution in [0.25, 0.3) is 0 Å². The molecule has 0 radical (unpaired) electrons. The van der Waals surface area contributed by atoms with Crippen LogP contribution in [0.3, 0.4) is 0 Å². The standard InChI is InChI=1S/C19H17BrClNO3.C5H6N2O/c20-14-4-6-17-15(12-14)19(23)22-8-7-13-3-5-18(16(21)11-13)25-10-2-1-9-24-17;6-3-5(1-2-5)7-4-8/h1-6,11-12H,7-10H2,(H,22,23);4H,1-2H2,(H,7,8)/b2-1+;. The van der Waals surface area contributed by atoms with Gasteiger partial charge in [-0.1, -0.05) is 33.6 Å². The molecule has 1 fully saturated rings. The van der Waals surface area contributed by atoms with Crippen molar-refractivity contribution < 1.29 is 19.1 Å².